The lowest BCUT2D eigenvalue weighted by Gasteiger charge is -2.37. The van der Waals surface area contributed by atoms with Gasteiger partial charge in [-0.25, -0.2) is 0 Å². The number of hydrogen-bond donors (Lipinski definition) is 2. The van der Waals surface area contributed by atoms with Crippen molar-refractivity contribution >= 4 is 5.78 Å². The summed E-state index contributed by atoms with van der Waals surface area (Å²) in [5.41, 5.74) is 8.71. The molecule has 2 aliphatic rings. The number of carbonyl (C=O) groups excluding carboxylic acids is 1. The predicted octanol–water partition coefficient (Wildman–Crippen LogP) is 9.58. The number of ketones is 1. The van der Waals surface area contributed by atoms with Gasteiger partial charge in [0, 0.05) is 19.1 Å². The summed E-state index contributed by atoms with van der Waals surface area (Å²) >= 11 is 0. The first-order valence-corrected chi connectivity index (χ1v) is 16.3. The maximum atomic E-state index is 13.2. The van der Waals surface area contributed by atoms with Crippen LogP contribution in [-0.4, -0.2) is 41.9 Å². The fourth-order valence-electron chi connectivity index (χ4n) is 6.52. The molecule has 0 radical (unpaired) electrons. The van der Waals surface area contributed by atoms with Crippen LogP contribution in [0.25, 0.3) is 0 Å². The third kappa shape index (κ3) is 12.7. The quantitative estimate of drug-likeness (QED) is 0.123. The topological polar surface area (TPSA) is 66.8 Å². The average Bonchev–Trinajstić information content (AvgIpc) is 2.91. The van der Waals surface area contributed by atoms with Gasteiger partial charge in [0.05, 0.1) is 18.8 Å². The number of hydrogen-bond acceptors (Lipinski definition) is 4. The van der Waals surface area contributed by atoms with Gasteiger partial charge in [0.2, 0.25) is 0 Å². The number of ether oxygens (including phenoxy) is 1. The van der Waals surface area contributed by atoms with Crippen molar-refractivity contribution in [1.82, 2.24) is 0 Å². The fourth-order valence-corrected chi connectivity index (χ4v) is 6.52. The summed E-state index contributed by atoms with van der Waals surface area (Å²) in [5.74, 6) is 0.0676. The highest BCUT2D eigenvalue weighted by Crippen LogP contribution is 2.43. The van der Waals surface area contributed by atoms with Gasteiger partial charge in [-0.15, -0.1) is 0 Å². The number of methoxy groups -OCH3 is 1. The van der Waals surface area contributed by atoms with E-state index in [1.54, 1.807) is 7.11 Å². The number of aliphatic hydroxyl groups excluding tert-OH is 2. The molecule has 0 aromatic carbocycles. The van der Waals surface area contributed by atoms with Crippen molar-refractivity contribution in [3.05, 3.63) is 117 Å². The number of aliphatic hydroxyl groups is 2. The van der Waals surface area contributed by atoms with Crippen molar-refractivity contribution in [3.63, 3.8) is 0 Å². The molecule has 2 aliphatic carbocycles. The highest BCUT2D eigenvalue weighted by Gasteiger charge is 2.34. The second-order valence-electron chi connectivity index (χ2n) is 14.2. The first kappa shape index (κ1) is 38.1. The molecule has 246 valence electrons. The van der Waals surface area contributed by atoms with E-state index in [2.05, 4.69) is 84.9 Å². The highest BCUT2D eigenvalue weighted by molar-refractivity contribution is 5.97. The molecule has 0 saturated carbocycles. The molecule has 0 bridgehead atoms. The molecule has 2 unspecified atom stereocenters. The summed E-state index contributed by atoms with van der Waals surface area (Å²) in [7, 11) is 1.61. The molecule has 0 amide bonds. The van der Waals surface area contributed by atoms with Gasteiger partial charge in [-0.05, 0) is 76.7 Å². The van der Waals surface area contributed by atoms with Crippen LogP contribution in [-0.2, 0) is 9.53 Å². The van der Waals surface area contributed by atoms with E-state index in [1.807, 2.05) is 50.3 Å². The van der Waals surface area contributed by atoms with Gasteiger partial charge in [0.25, 0.3) is 0 Å². The molecular formula is C41H58O4. The summed E-state index contributed by atoms with van der Waals surface area (Å²) in [6.45, 7) is 19.3. The van der Waals surface area contributed by atoms with Gasteiger partial charge >= 0.3 is 0 Å². The molecule has 45 heavy (non-hydrogen) atoms. The van der Waals surface area contributed by atoms with Gasteiger partial charge in [-0.1, -0.05) is 134 Å². The van der Waals surface area contributed by atoms with Crippen molar-refractivity contribution in [2.75, 3.05) is 13.7 Å². The lowest BCUT2D eigenvalue weighted by Crippen LogP contribution is -2.30. The molecule has 2 atom stereocenters. The normalized spacial score (nSPS) is 23.9. The molecule has 2 rings (SSSR count). The van der Waals surface area contributed by atoms with Crippen molar-refractivity contribution in [1.29, 1.82) is 0 Å². The molecule has 0 saturated heterocycles. The number of carbonyl (C=O) groups is 1. The van der Waals surface area contributed by atoms with Crippen LogP contribution in [0.3, 0.4) is 0 Å². The van der Waals surface area contributed by atoms with Crippen molar-refractivity contribution in [3.8, 4) is 0 Å². The molecule has 4 nitrogen and oxygen atoms in total. The Morgan fingerprint density at radius 1 is 0.756 bits per heavy atom. The van der Waals surface area contributed by atoms with Crippen molar-refractivity contribution in [2.45, 2.75) is 107 Å². The standard InChI is InChI=1S/C41H58O4/c1-29(17-13-18-31(3)21-22-37-32(4)23-35(42)26-40(37,6)7)15-11-12-16-30(2)19-14-20-34(28-45-10)39(44)25-38-33(5)24-36(43)27-41(38,8)9/h11-22,35-36,42-43H,23-28H2,1-10H3. The van der Waals surface area contributed by atoms with E-state index >= 15 is 0 Å². The average molecular weight is 615 g/mol. The Morgan fingerprint density at radius 3 is 1.78 bits per heavy atom. The molecule has 4 heteroatoms. The van der Waals surface area contributed by atoms with Crippen molar-refractivity contribution < 1.29 is 19.7 Å². The zero-order chi connectivity index (χ0) is 33.8. The second-order valence-corrected chi connectivity index (χ2v) is 14.2. The van der Waals surface area contributed by atoms with Crippen LogP contribution in [0.5, 0.6) is 0 Å². The molecule has 0 heterocycles. The van der Waals surface area contributed by atoms with Crippen LogP contribution < -0.4 is 0 Å². The molecular weight excluding hydrogens is 556 g/mol. The van der Waals surface area contributed by atoms with Gasteiger partial charge in [0.15, 0.2) is 5.78 Å². The van der Waals surface area contributed by atoms with E-state index in [1.165, 1.54) is 16.7 Å². The Hall–Kier alpha value is -3.05. The third-order valence-electron chi connectivity index (χ3n) is 8.81. The maximum absolute atomic E-state index is 13.2. The third-order valence-corrected chi connectivity index (χ3v) is 8.81. The van der Waals surface area contributed by atoms with Crippen molar-refractivity contribution in [2.24, 2.45) is 10.8 Å². The zero-order valence-electron chi connectivity index (χ0n) is 29.5. The molecule has 0 aromatic rings. The first-order chi connectivity index (χ1) is 21.1. The Labute approximate surface area is 273 Å². The smallest absolute Gasteiger partial charge is 0.165 e. The highest BCUT2D eigenvalue weighted by atomic mass is 16.5. The largest absolute Gasteiger partial charge is 0.393 e. The lowest BCUT2D eigenvalue weighted by molar-refractivity contribution is -0.115. The first-order valence-electron chi connectivity index (χ1n) is 16.3. The predicted molar refractivity (Wildman–Crippen MR) is 191 cm³/mol. The van der Waals surface area contributed by atoms with E-state index in [4.69, 9.17) is 4.74 Å². The SMILES string of the molecule is COCC(=CC=CC(C)=CC=CC=C(C)C=CC=C(C)C=CC1=C(C)CC(O)CC1(C)C)C(=O)CC1=C(C)CC(O)CC1(C)C. The minimum Gasteiger partial charge on any atom is -0.393 e. The summed E-state index contributed by atoms with van der Waals surface area (Å²) in [6, 6.07) is 0. The van der Waals surface area contributed by atoms with E-state index < -0.39 is 0 Å². The molecule has 0 aliphatic heterocycles. The molecule has 0 spiro atoms. The van der Waals surface area contributed by atoms with E-state index in [0.717, 1.165) is 35.1 Å². The van der Waals surface area contributed by atoms with Crippen LogP contribution in [0.1, 0.15) is 94.4 Å². The number of Topliss-reactive ketones (excluding diaryl/α,β-unsaturated/α-hetero) is 1. The van der Waals surface area contributed by atoms with Crippen LogP contribution in [0.4, 0.5) is 0 Å². The minimum absolute atomic E-state index is 0.0127. The monoisotopic (exact) mass is 614 g/mol. The summed E-state index contributed by atoms with van der Waals surface area (Å²) in [4.78, 5) is 13.2. The van der Waals surface area contributed by atoms with E-state index in [9.17, 15) is 15.0 Å². The zero-order valence-corrected chi connectivity index (χ0v) is 29.5. The summed E-state index contributed by atoms with van der Waals surface area (Å²) < 4.78 is 5.33. The summed E-state index contributed by atoms with van der Waals surface area (Å²) in [6.07, 6.45) is 27.2. The molecule has 0 fully saturated rings. The Morgan fingerprint density at radius 2 is 1.24 bits per heavy atom. The van der Waals surface area contributed by atoms with Crippen LogP contribution in [0.2, 0.25) is 0 Å². The van der Waals surface area contributed by atoms with Gasteiger partial charge in [-0.2, -0.15) is 0 Å². The van der Waals surface area contributed by atoms with Gasteiger partial charge in [-0.3, -0.25) is 4.79 Å². The fraction of sp³-hybridized carbons (Fsp3) is 0.488. The van der Waals surface area contributed by atoms with E-state index in [0.29, 0.717) is 24.8 Å². The summed E-state index contributed by atoms with van der Waals surface area (Å²) in [5, 5.41) is 20.3. The van der Waals surface area contributed by atoms with Crippen LogP contribution in [0, 0.1) is 10.8 Å². The lowest BCUT2D eigenvalue weighted by atomic mass is 9.70. The Balaban J connectivity index is 1.97. The van der Waals surface area contributed by atoms with Gasteiger partial charge < -0.3 is 14.9 Å². The Bertz CT molecular complexity index is 1360. The van der Waals surface area contributed by atoms with Gasteiger partial charge in [0.1, 0.15) is 0 Å². The minimum atomic E-state index is -0.339. The van der Waals surface area contributed by atoms with Crippen LogP contribution >= 0.6 is 0 Å². The number of allylic oxidation sites excluding steroid dienone is 17. The van der Waals surface area contributed by atoms with E-state index in [-0.39, 0.29) is 35.4 Å². The molecule has 0 aromatic heterocycles. The maximum Gasteiger partial charge on any atom is 0.165 e. The van der Waals surface area contributed by atoms with Crippen LogP contribution in [0.15, 0.2) is 117 Å². The number of rotatable bonds is 13. The second kappa shape index (κ2) is 17.6. The Kier molecular flexibility index (Phi) is 14.9. The molecule has 2 N–H and O–H groups in total.